The molecule has 0 saturated heterocycles. The van der Waals surface area contributed by atoms with Crippen molar-refractivity contribution in [3.8, 4) is 56.3 Å². The second-order valence-electron chi connectivity index (χ2n) is 38.2. The normalized spacial score (nSPS) is 13.9. The Labute approximate surface area is 748 Å². The number of rotatable bonds is 33. The van der Waals surface area contributed by atoms with Crippen LogP contribution in [0, 0.1) is 17.8 Å². The SMILES string of the molecule is CCC(CC)CC(c1cccc(-c2ccc(C(C)(C)C)cc2)n1)N(C)C.CCC(CC)CC(c1cccc(-c2ccc([Si](C)(C)C)cc2)n1)N(C)C.CCCCC(c1cccc(-c2ccc(C(C)(C)C)cc2)n1)N(C)C.CCCCNC(c1cccc(-c2ccccc2)n1)C1CCCCC1.CN(C)C(Cc1ccccc1)c1cccc(-c2ccccc2)n1. The first-order chi connectivity index (χ1) is 59.0. The Kier molecular flexibility index (Phi) is 40.7. The van der Waals surface area contributed by atoms with Crippen molar-refractivity contribution in [1.29, 1.82) is 0 Å². The highest BCUT2D eigenvalue weighted by molar-refractivity contribution is 6.88. The summed E-state index contributed by atoms with van der Waals surface area (Å²) in [6.45, 7) is 35.4. The number of likely N-dealkylation sites (N-methyl/N-ethyl adjacent to an activating group) is 1. The minimum Gasteiger partial charge on any atom is -0.308 e. The van der Waals surface area contributed by atoms with E-state index in [-0.39, 0.29) is 16.9 Å². The number of pyridine rings is 5. The average Bonchev–Trinajstić information content (AvgIpc) is 0.840. The molecule has 0 spiro atoms. The second-order valence-corrected chi connectivity index (χ2v) is 43.3. The summed E-state index contributed by atoms with van der Waals surface area (Å²) in [6.07, 6.45) is 21.1. The monoisotopic (exact) mass is 1670 g/mol. The van der Waals surface area contributed by atoms with Gasteiger partial charge in [-0.15, -0.1) is 0 Å². The fourth-order valence-electron chi connectivity index (χ4n) is 16.6. The van der Waals surface area contributed by atoms with Crippen molar-refractivity contribution in [3.63, 3.8) is 0 Å². The van der Waals surface area contributed by atoms with E-state index in [9.17, 15) is 0 Å². The van der Waals surface area contributed by atoms with Crippen molar-refractivity contribution >= 4 is 13.3 Å². The summed E-state index contributed by atoms with van der Waals surface area (Å²) in [5, 5.41) is 5.32. The molecule has 0 aliphatic heterocycles. The molecule has 1 fully saturated rings. The summed E-state index contributed by atoms with van der Waals surface area (Å²) >= 11 is 0. The van der Waals surface area contributed by atoms with Gasteiger partial charge in [-0.2, -0.15) is 0 Å². The molecule has 11 aromatic rings. The first kappa shape index (κ1) is 99.5. The third-order valence-corrected chi connectivity index (χ3v) is 26.9. The highest BCUT2D eigenvalue weighted by Crippen LogP contribution is 2.38. The van der Waals surface area contributed by atoms with Gasteiger partial charge in [-0.1, -0.05) is 366 Å². The molecule has 0 amide bonds. The van der Waals surface area contributed by atoms with Gasteiger partial charge in [-0.25, -0.2) is 0 Å². The van der Waals surface area contributed by atoms with Gasteiger partial charge >= 0.3 is 0 Å². The summed E-state index contributed by atoms with van der Waals surface area (Å²) in [7, 11) is 15.9. The van der Waals surface area contributed by atoms with Gasteiger partial charge in [0.1, 0.15) is 0 Å². The van der Waals surface area contributed by atoms with Gasteiger partial charge in [0.15, 0.2) is 0 Å². The van der Waals surface area contributed by atoms with Crippen molar-refractivity contribution in [1.82, 2.24) is 49.8 Å². The quantitative estimate of drug-likeness (QED) is 0.0317. The van der Waals surface area contributed by atoms with Gasteiger partial charge < -0.3 is 24.9 Å². The van der Waals surface area contributed by atoms with Crippen LogP contribution < -0.4 is 10.5 Å². The fraction of sp³-hybridized carbons (Fsp3) is 0.455. The predicted octanol–water partition coefficient (Wildman–Crippen LogP) is 28.4. The molecule has 5 unspecified atom stereocenters. The lowest BCUT2D eigenvalue weighted by Gasteiger charge is -2.31. The van der Waals surface area contributed by atoms with Crippen LogP contribution >= 0.6 is 0 Å². The number of unbranched alkanes of at least 4 members (excludes halogenated alkanes) is 2. The zero-order valence-corrected chi connectivity index (χ0v) is 81.1. The number of aromatic nitrogens is 5. The van der Waals surface area contributed by atoms with Gasteiger partial charge in [0.2, 0.25) is 0 Å². The number of hydrogen-bond donors (Lipinski definition) is 1. The van der Waals surface area contributed by atoms with Crippen molar-refractivity contribution in [2.75, 3.05) is 62.9 Å². The van der Waals surface area contributed by atoms with Crippen LogP contribution in [0.3, 0.4) is 0 Å². The summed E-state index contributed by atoms with van der Waals surface area (Å²) < 4.78 is 0. The molecular weight excluding hydrogens is 1510 g/mol. The summed E-state index contributed by atoms with van der Waals surface area (Å²) in [5.74, 6) is 2.23. The van der Waals surface area contributed by atoms with Crippen molar-refractivity contribution in [2.45, 2.75) is 253 Å². The summed E-state index contributed by atoms with van der Waals surface area (Å²) in [6, 6.07) is 92.2. The molecule has 11 heteroatoms. The van der Waals surface area contributed by atoms with Crippen molar-refractivity contribution in [3.05, 3.63) is 300 Å². The van der Waals surface area contributed by atoms with Gasteiger partial charge in [0.25, 0.3) is 0 Å². The van der Waals surface area contributed by atoms with E-state index in [2.05, 4.69) is 433 Å². The Morgan fingerprint density at radius 1 is 0.341 bits per heavy atom. The van der Waals surface area contributed by atoms with E-state index in [0.29, 0.717) is 24.2 Å². The van der Waals surface area contributed by atoms with E-state index < -0.39 is 8.07 Å². The molecule has 10 nitrogen and oxygen atoms in total. The van der Waals surface area contributed by atoms with E-state index in [4.69, 9.17) is 24.9 Å². The number of hydrogen-bond acceptors (Lipinski definition) is 10. The van der Waals surface area contributed by atoms with E-state index >= 15 is 0 Å². The number of nitrogens with one attached hydrogen (secondary N) is 1. The van der Waals surface area contributed by atoms with Gasteiger partial charge in [0, 0.05) is 27.8 Å². The topological polar surface area (TPSA) is 89.4 Å². The lowest BCUT2D eigenvalue weighted by molar-refractivity contribution is 0.236. The van der Waals surface area contributed by atoms with Gasteiger partial charge in [-0.05, 0) is 214 Å². The molecule has 12 rings (SSSR count). The molecule has 5 atom stereocenters. The zero-order valence-electron chi connectivity index (χ0n) is 80.1. The third kappa shape index (κ3) is 31.6. The highest BCUT2D eigenvalue weighted by Gasteiger charge is 2.28. The van der Waals surface area contributed by atoms with Crippen LogP contribution in [0.4, 0.5) is 0 Å². The van der Waals surface area contributed by atoms with E-state index in [0.717, 1.165) is 76.9 Å². The first-order valence-corrected chi connectivity index (χ1v) is 50.2. The largest absolute Gasteiger partial charge is 0.308 e. The van der Waals surface area contributed by atoms with Crippen LogP contribution in [0.15, 0.2) is 255 Å². The molecule has 6 aromatic carbocycles. The van der Waals surface area contributed by atoms with Crippen LogP contribution in [0.2, 0.25) is 19.6 Å². The van der Waals surface area contributed by atoms with Crippen LogP contribution in [-0.4, -0.2) is 116 Å². The molecule has 5 heterocycles. The van der Waals surface area contributed by atoms with Crippen LogP contribution in [0.5, 0.6) is 0 Å². The first-order valence-electron chi connectivity index (χ1n) is 46.7. The molecule has 0 radical (unpaired) electrons. The molecule has 5 aromatic heterocycles. The average molecular weight is 1670 g/mol. The third-order valence-electron chi connectivity index (χ3n) is 24.9. The minimum absolute atomic E-state index is 0.180. The number of nitrogens with zero attached hydrogens (tertiary/aromatic N) is 9. The Balaban J connectivity index is 0.000000191. The Hall–Kier alpha value is -8.91. The Bertz CT molecular complexity index is 4620. The fourth-order valence-corrected chi connectivity index (χ4v) is 17.7. The van der Waals surface area contributed by atoms with Gasteiger partial charge in [0.05, 0.1) is 95.2 Å². The molecule has 1 aliphatic rings. The smallest absolute Gasteiger partial charge is 0.0775 e. The van der Waals surface area contributed by atoms with Gasteiger partial charge in [-0.3, -0.25) is 24.9 Å². The predicted molar refractivity (Wildman–Crippen MR) is 534 cm³/mol. The standard InChI is InChI=1S/C24H36N2.C23H36N2Si.C22H30N2.C22H32N2.C21H22N2/c1-8-18(9-2)17-23(26(6)7)22-12-10-11-21(25-22)19-13-15-20(16-14-19)24(3,4)5;1-8-18(9-2)17-23(25(3)4)22-12-10-11-21(24-22)19-13-15-20(16-14-19)26(5,6)7;1-2-3-17-23-22(19-13-8-5-9-14-19)21-16-10-15-20(24-21)18-11-6-4-7-12-18;1-7-8-12-21(24(5)6)20-11-9-10-19(23-20)17-13-15-18(16-14-17)22(2,3)4;1-23(2)21(16-17-10-5-3-6-11-17)20-15-9-14-19(22-20)18-12-7-4-8-13-18/h2*10-16,18,23H,8-9,17H2,1-7H3;4,6-7,10-12,15-16,19,22-23H,2-3,5,8-9,13-14,17H2,1H3;9-11,13-16,21H,7-8,12H2,1-6H3;3-15,21H,16H2,1-2H3. The Morgan fingerprint density at radius 3 is 0.992 bits per heavy atom. The lowest BCUT2D eigenvalue weighted by atomic mass is 9.82. The van der Waals surface area contributed by atoms with Crippen LogP contribution in [0.1, 0.15) is 261 Å². The molecule has 658 valence electrons. The van der Waals surface area contributed by atoms with E-state index in [1.54, 1.807) is 0 Å². The maximum absolute atomic E-state index is 5.05. The molecule has 0 bridgehead atoms. The summed E-state index contributed by atoms with van der Waals surface area (Å²) in [5.41, 5.74) is 21.6. The minimum atomic E-state index is -1.25. The van der Waals surface area contributed by atoms with Crippen molar-refractivity contribution < 1.29 is 0 Å². The maximum atomic E-state index is 5.05. The number of benzene rings is 6. The highest BCUT2D eigenvalue weighted by atomic mass is 28.3. The molecule has 123 heavy (non-hydrogen) atoms. The maximum Gasteiger partial charge on any atom is 0.0775 e. The molecule has 1 saturated carbocycles. The zero-order chi connectivity index (χ0) is 89.1. The molecular formula is C112H156N10Si. The Morgan fingerprint density at radius 2 is 0.659 bits per heavy atom. The van der Waals surface area contributed by atoms with E-state index in [1.807, 2.05) is 6.07 Å². The van der Waals surface area contributed by atoms with E-state index in [1.165, 1.54) is 163 Å². The van der Waals surface area contributed by atoms with Crippen LogP contribution in [-0.2, 0) is 17.3 Å². The van der Waals surface area contributed by atoms with Crippen LogP contribution in [0.25, 0.3) is 56.3 Å². The molecule has 1 N–H and O–H groups in total. The lowest BCUT2D eigenvalue weighted by Crippen LogP contribution is -2.37. The molecule has 1 aliphatic carbocycles. The van der Waals surface area contributed by atoms with Crippen molar-refractivity contribution in [2.24, 2.45) is 17.8 Å². The second kappa shape index (κ2) is 50.3. The summed E-state index contributed by atoms with van der Waals surface area (Å²) in [4.78, 5) is 34.2.